The van der Waals surface area contributed by atoms with Crippen molar-refractivity contribution >= 4 is 0 Å². The quantitative estimate of drug-likeness (QED) is 0.360. The lowest BCUT2D eigenvalue weighted by atomic mass is 10.3. The first-order valence-corrected chi connectivity index (χ1v) is 4.39. The minimum absolute atomic E-state index is 0. The maximum atomic E-state index is 8.67. The van der Waals surface area contributed by atoms with Gasteiger partial charge >= 0.3 is 0 Å². The number of hydrogen-bond acceptors (Lipinski definition) is 2. The van der Waals surface area contributed by atoms with Gasteiger partial charge in [-0.05, 0) is 6.42 Å². The van der Waals surface area contributed by atoms with E-state index in [1.165, 1.54) is 0 Å². The van der Waals surface area contributed by atoms with Gasteiger partial charge in [-0.2, -0.15) is 5.26 Å². The summed E-state index contributed by atoms with van der Waals surface area (Å²) < 4.78 is 3.94. The maximum Gasteiger partial charge on any atom is 0.243 e. The molecule has 1 aromatic heterocycles. The van der Waals surface area contributed by atoms with Gasteiger partial charge in [0.25, 0.3) is 0 Å². The molecular formula is C9H14IN3O. The number of nitriles is 1. The summed E-state index contributed by atoms with van der Waals surface area (Å²) in [6.07, 6.45) is 7.28. The highest BCUT2D eigenvalue weighted by atomic mass is 127. The van der Waals surface area contributed by atoms with E-state index in [0.717, 1.165) is 13.0 Å². The van der Waals surface area contributed by atoms with Gasteiger partial charge in [-0.15, -0.1) is 0 Å². The fourth-order valence-corrected chi connectivity index (χ4v) is 1.16. The van der Waals surface area contributed by atoms with Gasteiger partial charge < -0.3 is 29.1 Å². The number of rotatable bonds is 5. The van der Waals surface area contributed by atoms with E-state index in [2.05, 4.69) is 6.07 Å². The van der Waals surface area contributed by atoms with Crippen LogP contribution in [0.3, 0.4) is 0 Å². The van der Waals surface area contributed by atoms with E-state index in [-0.39, 0.29) is 30.6 Å². The summed E-state index contributed by atoms with van der Waals surface area (Å²) in [6.45, 7) is 1.66. The molecule has 0 spiro atoms. The van der Waals surface area contributed by atoms with Gasteiger partial charge in [-0.25, -0.2) is 9.13 Å². The number of aromatic nitrogens is 2. The van der Waals surface area contributed by atoms with E-state index in [1.807, 2.05) is 27.9 Å². The molecule has 0 saturated carbocycles. The van der Waals surface area contributed by atoms with Crippen LogP contribution in [0, 0.1) is 11.3 Å². The highest BCUT2D eigenvalue weighted by Gasteiger charge is 2.01. The van der Waals surface area contributed by atoms with Crippen molar-refractivity contribution in [1.82, 2.24) is 4.57 Å². The molecule has 4 nitrogen and oxygen atoms in total. The van der Waals surface area contributed by atoms with Crippen LogP contribution in [-0.2, 0) is 13.1 Å². The molecular weight excluding hydrogens is 293 g/mol. The Morgan fingerprint density at radius 2 is 2.29 bits per heavy atom. The highest BCUT2D eigenvalue weighted by molar-refractivity contribution is 4.68. The second-order valence-corrected chi connectivity index (χ2v) is 2.87. The lowest BCUT2D eigenvalue weighted by Crippen LogP contribution is -3.00. The Bertz CT molecular complexity index is 292. The average molecular weight is 307 g/mol. The molecule has 0 aliphatic rings. The Hall–Kier alpha value is -0.610. The summed E-state index contributed by atoms with van der Waals surface area (Å²) in [7, 11) is 0. The summed E-state index contributed by atoms with van der Waals surface area (Å²) >= 11 is 0. The minimum atomic E-state index is 0. The van der Waals surface area contributed by atoms with Crippen molar-refractivity contribution in [3.8, 4) is 6.07 Å². The molecule has 1 rings (SSSR count). The van der Waals surface area contributed by atoms with Crippen LogP contribution in [0.4, 0.5) is 0 Å². The van der Waals surface area contributed by atoms with Crippen LogP contribution < -0.4 is 28.5 Å². The Labute approximate surface area is 101 Å². The van der Waals surface area contributed by atoms with Crippen molar-refractivity contribution in [1.29, 1.82) is 5.26 Å². The van der Waals surface area contributed by atoms with E-state index < -0.39 is 0 Å². The largest absolute Gasteiger partial charge is 1.00 e. The number of imidazole rings is 1. The van der Waals surface area contributed by atoms with Gasteiger partial charge in [0, 0.05) is 6.42 Å². The molecule has 0 saturated heterocycles. The standard InChI is InChI=1S/C9H14N3O.HI/c10-3-1-2-4-11-5-6-12(9-11)7-8-13;/h5-6,9,13H,1-2,4,7-8H2;1H/q+1;/p-1. The fraction of sp³-hybridized carbons (Fsp3) is 0.556. The van der Waals surface area contributed by atoms with Crippen LogP contribution in [0.5, 0.6) is 0 Å². The van der Waals surface area contributed by atoms with Crippen LogP contribution in [0.2, 0.25) is 0 Å². The molecule has 0 atom stereocenters. The smallest absolute Gasteiger partial charge is 0.243 e. The summed E-state index contributed by atoms with van der Waals surface area (Å²) in [5.74, 6) is 0. The van der Waals surface area contributed by atoms with Gasteiger partial charge in [0.2, 0.25) is 6.33 Å². The van der Waals surface area contributed by atoms with Gasteiger partial charge in [0.05, 0.1) is 19.2 Å². The molecule has 0 unspecified atom stereocenters. The molecule has 0 radical (unpaired) electrons. The van der Waals surface area contributed by atoms with Crippen molar-refractivity contribution in [2.45, 2.75) is 25.9 Å². The number of unbranched alkanes of at least 4 members (excludes halogenated alkanes) is 1. The van der Waals surface area contributed by atoms with E-state index in [4.69, 9.17) is 10.4 Å². The molecule has 1 heterocycles. The van der Waals surface area contributed by atoms with Crippen LogP contribution in [-0.4, -0.2) is 16.3 Å². The molecule has 0 amide bonds. The third kappa shape index (κ3) is 4.58. The summed E-state index contributed by atoms with van der Waals surface area (Å²) in [5.41, 5.74) is 0. The molecule has 1 aromatic rings. The zero-order valence-corrected chi connectivity index (χ0v) is 10.1. The predicted molar refractivity (Wildman–Crippen MR) is 46.6 cm³/mol. The Kier molecular flexibility index (Phi) is 7.42. The second kappa shape index (κ2) is 7.76. The maximum absolute atomic E-state index is 8.67. The lowest BCUT2D eigenvalue weighted by Gasteiger charge is -1.91. The second-order valence-electron chi connectivity index (χ2n) is 2.87. The van der Waals surface area contributed by atoms with Gasteiger partial charge in [0.1, 0.15) is 18.9 Å². The first kappa shape index (κ1) is 13.4. The predicted octanol–water partition coefficient (Wildman–Crippen LogP) is -2.92. The van der Waals surface area contributed by atoms with Crippen molar-refractivity contribution < 1.29 is 33.7 Å². The van der Waals surface area contributed by atoms with Crippen molar-refractivity contribution in [3.63, 3.8) is 0 Å². The van der Waals surface area contributed by atoms with Crippen LogP contribution in [0.15, 0.2) is 18.7 Å². The van der Waals surface area contributed by atoms with E-state index in [1.54, 1.807) is 0 Å². The Balaban J connectivity index is 0.00000169. The van der Waals surface area contributed by atoms with Gasteiger partial charge in [0.15, 0.2) is 0 Å². The average Bonchev–Trinajstić information content (AvgIpc) is 2.54. The van der Waals surface area contributed by atoms with Gasteiger partial charge in [-0.1, -0.05) is 0 Å². The van der Waals surface area contributed by atoms with Crippen molar-refractivity contribution in [2.75, 3.05) is 6.61 Å². The number of halogens is 1. The monoisotopic (exact) mass is 307 g/mol. The third-order valence-corrected chi connectivity index (χ3v) is 1.81. The van der Waals surface area contributed by atoms with Crippen molar-refractivity contribution in [3.05, 3.63) is 18.7 Å². The number of aliphatic hydroxyl groups excluding tert-OH is 1. The number of aryl methyl sites for hydroxylation is 1. The molecule has 0 aliphatic carbocycles. The topological polar surface area (TPSA) is 52.8 Å². The Morgan fingerprint density at radius 3 is 2.93 bits per heavy atom. The van der Waals surface area contributed by atoms with Crippen LogP contribution >= 0.6 is 0 Å². The fourth-order valence-electron chi connectivity index (χ4n) is 1.16. The Morgan fingerprint density at radius 1 is 1.50 bits per heavy atom. The number of aliphatic hydroxyl groups is 1. The zero-order valence-electron chi connectivity index (χ0n) is 7.93. The zero-order chi connectivity index (χ0) is 9.52. The lowest BCUT2D eigenvalue weighted by molar-refractivity contribution is -0.696. The van der Waals surface area contributed by atoms with Crippen LogP contribution in [0.1, 0.15) is 12.8 Å². The van der Waals surface area contributed by atoms with E-state index in [0.29, 0.717) is 13.0 Å². The molecule has 0 aliphatic heterocycles. The molecule has 0 bridgehead atoms. The first-order valence-electron chi connectivity index (χ1n) is 4.39. The van der Waals surface area contributed by atoms with Crippen molar-refractivity contribution in [2.24, 2.45) is 0 Å². The SMILES string of the molecule is N#CCCC[n+]1ccn(CCO)c1.[I-]. The minimum Gasteiger partial charge on any atom is -1.00 e. The normalized spacial score (nSPS) is 9.14. The number of nitrogens with zero attached hydrogens (tertiary/aromatic N) is 3. The molecule has 1 N–H and O–H groups in total. The van der Waals surface area contributed by atoms with E-state index in [9.17, 15) is 0 Å². The molecule has 5 heteroatoms. The molecule has 14 heavy (non-hydrogen) atoms. The molecule has 0 aromatic carbocycles. The molecule has 78 valence electrons. The summed E-state index contributed by atoms with van der Waals surface area (Å²) in [4.78, 5) is 0. The first-order chi connectivity index (χ1) is 6.36. The van der Waals surface area contributed by atoms with E-state index >= 15 is 0 Å². The molecule has 0 fully saturated rings. The van der Waals surface area contributed by atoms with Crippen LogP contribution in [0.25, 0.3) is 0 Å². The number of hydrogen-bond donors (Lipinski definition) is 1. The summed E-state index contributed by atoms with van der Waals surface area (Å²) in [5, 5.41) is 17.0. The van der Waals surface area contributed by atoms with Gasteiger partial charge in [-0.3, -0.25) is 0 Å². The highest BCUT2D eigenvalue weighted by Crippen LogP contribution is 1.88. The summed E-state index contributed by atoms with van der Waals surface area (Å²) in [6, 6.07) is 2.11. The third-order valence-electron chi connectivity index (χ3n) is 1.81.